The molecule has 3 rings (SSSR count). The van der Waals surface area contributed by atoms with E-state index < -0.39 is 56.1 Å². The molecule has 0 aromatic heterocycles. The van der Waals surface area contributed by atoms with Crippen LogP contribution in [-0.4, -0.2) is 68.6 Å². The van der Waals surface area contributed by atoms with Crippen molar-refractivity contribution in [2.75, 3.05) is 13.7 Å². The fraction of sp³-hybridized carbons (Fsp3) is 0.536. The van der Waals surface area contributed by atoms with Crippen LogP contribution in [0.25, 0.3) is 0 Å². The molecule has 206 valence electrons. The van der Waals surface area contributed by atoms with Crippen molar-refractivity contribution in [3.63, 3.8) is 0 Å². The quantitative estimate of drug-likeness (QED) is 0.168. The first-order valence-corrected chi connectivity index (χ1v) is 15.7. The summed E-state index contributed by atoms with van der Waals surface area (Å²) in [6.45, 7) is 15.4. The number of hydrogen-bond acceptors (Lipinski definition) is 8. The van der Waals surface area contributed by atoms with E-state index in [9.17, 15) is 24.0 Å². The van der Waals surface area contributed by atoms with Crippen LogP contribution in [0.2, 0.25) is 18.1 Å². The summed E-state index contributed by atoms with van der Waals surface area (Å²) in [4.78, 5) is 65.6. The summed E-state index contributed by atoms with van der Waals surface area (Å²) in [5.41, 5.74) is 1.36. The van der Waals surface area contributed by atoms with Crippen LogP contribution in [0.15, 0.2) is 30.9 Å². The summed E-state index contributed by atoms with van der Waals surface area (Å²) in [5, 5.41) is -0.128. The fourth-order valence-corrected chi connectivity index (χ4v) is 6.35. The molecule has 0 N–H and O–H groups in total. The first kappa shape index (κ1) is 29.4. The van der Waals surface area contributed by atoms with Gasteiger partial charge in [-0.25, -0.2) is 9.59 Å². The molecule has 10 heteroatoms. The van der Waals surface area contributed by atoms with Gasteiger partial charge in [-0.2, -0.15) is 0 Å². The Morgan fingerprint density at radius 3 is 2.45 bits per heavy atom. The summed E-state index contributed by atoms with van der Waals surface area (Å²) < 4.78 is 16.2. The van der Waals surface area contributed by atoms with Gasteiger partial charge in [-0.1, -0.05) is 39.5 Å². The second kappa shape index (κ2) is 10.9. The Hall–Kier alpha value is -3.11. The van der Waals surface area contributed by atoms with Gasteiger partial charge in [-0.15, -0.1) is 0 Å². The standard InChI is InChI=1S/C28H37NO8Si/c1-9-14-36-27(34)25(32)29-22(21(24(29)31)16(2)37-38(7,8)28(3,4)5)19-13-12-17-10-11-18(26(33)35-6)15-20(17)23(19)30/h9-11,15-16,19,21-22H,1,12-14H2,2-8H3/t16-,19-,21-,22-/m1/s1. The topological polar surface area (TPSA) is 116 Å². The number of β-lactam (4-membered cyclic amide) rings is 1. The van der Waals surface area contributed by atoms with Gasteiger partial charge in [0.25, 0.3) is 0 Å². The summed E-state index contributed by atoms with van der Waals surface area (Å²) in [6.07, 6.45) is 1.61. The lowest BCUT2D eigenvalue weighted by molar-refractivity contribution is -0.181. The number of ether oxygens (including phenoxy) is 2. The summed E-state index contributed by atoms with van der Waals surface area (Å²) in [6, 6.07) is 3.94. The normalized spacial score (nSPS) is 22.2. The fourth-order valence-electron chi connectivity index (χ4n) is 4.92. The molecule has 1 heterocycles. The van der Waals surface area contributed by atoms with E-state index in [-0.39, 0.29) is 23.0 Å². The lowest BCUT2D eigenvalue weighted by Crippen LogP contribution is -2.71. The van der Waals surface area contributed by atoms with E-state index >= 15 is 0 Å². The third-order valence-electron chi connectivity index (χ3n) is 7.98. The van der Waals surface area contributed by atoms with Crippen molar-refractivity contribution >= 4 is 37.9 Å². The Morgan fingerprint density at radius 1 is 1.21 bits per heavy atom. The van der Waals surface area contributed by atoms with Crippen molar-refractivity contribution in [2.45, 2.75) is 70.8 Å². The molecule has 2 aliphatic rings. The van der Waals surface area contributed by atoms with Crippen LogP contribution in [0.5, 0.6) is 0 Å². The molecule has 9 nitrogen and oxygen atoms in total. The molecule has 0 bridgehead atoms. The van der Waals surface area contributed by atoms with Gasteiger partial charge < -0.3 is 13.9 Å². The average Bonchev–Trinajstić information content (AvgIpc) is 2.84. The van der Waals surface area contributed by atoms with Gasteiger partial charge in [0, 0.05) is 11.5 Å². The number of ketones is 1. The largest absolute Gasteiger partial charge is 0.465 e. The van der Waals surface area contributed by atoms with Crippen molar-refractivity contribution in [1.82, 2.24) is 4.90 Å². The number of esters is 2. The van der Waals surface area contributed by atoms with E-state index in [1.165, 1.54) is 19.3 Å². The molecule has 1 aliphatic heterocycles. The van der Waals surface area contributed by atoms with Crippen LogP contribution in [0.1, 0.15) is 60.4 Å². The Kier molecular flexibility index (Phi) is 8.47. The number of carbonyl (C=O) groups excluding carboxylic acids is 5. The lowest BCUT2D eigenvalue weighted by Gasteiger charge is -2.52. The number of methoxy groups -OCH3 is 1. The van der Waals surface area contributed by atoms with Crippen LogP contribution in [0, 0.1) is 11.8 Å². The second-order valence-corrected chi connectivity index (χ2v) is 16.1. The predicted molar refractivity (Wildman–Crippen MR) is 142 cm³/mol. The highest BCUT2D eigenvalue weighted by atomic mass is 28.4. The minimum absolute atomic E-state index is 0.128. The zero-order valence-electron chi connectivity index (χ0n) is 23.2. The van der Waals surface area contributed by atoms with Gasteiger partial charge in [0.2, 0.25) is 5.91 Å². The molecular formula is C28H37NO8Si. The third-order valence-corrected chi connectivity index (χ3v) is 12.6. The molecule has 1 aliphatic carbocycles. The third kappa shape index (κ3) is 5.37. The van der Waals surface area contributed by atoms with Gasteiger partial charge in [0.1, 0.15) is 6.61 Å². The van der Waals surface area contributed by atoms with Crippen LogP contribution < -0.4 is 0 Å². The molecular weight excluding hydrogens is 506 g/mol. The van der Waals surface area contributed by atoms with Crippen molar-refractivity contribution in [2.24, 2.45) is 11.8 Å². The van der Waals surface area contributed by atoms with Gasteiger partial charge >= 0.3 is 17.8 Å². The van der Waals surface area contributed by atoms with E-state index in [0.717, 1.165) is 10.5 Å². The van der Waals surface area contributed by atoms with Crippen LogP contribution in [-0.2, 0) is 34.7 Å². The molecule has 1 fully saturated rings. The highest BCUT2D eigenvalue weighted by Crippen LogP contribution is 2.44. The summed E-state index contributed by atoms with van der Waals surface area (Å²) in [7, 11) is -1.04. The molecule has 1 aromatic rings. The van der Waals surface area contributed by atoms with E-state index in [4.69, 9.17) is 13.9 Å². The number of nitrogens with zero attached hydrogens (tertiary/aromatic N) is 1. The molecule has 38 heavy (non-hydrogen) atoms. The minimum atomic E-state index is -2.30. The smallest absolute Gasteiger partial charge is 0.397 e. The maximum absolute atomic E-state index is 13.8. The molecule has 0 unspecified atom stereocenters. The Labute approximate surface area is 224 Å². The zero-order chi connectivity index (χ0) is 28.6. The highest BCUT2D eigenvalue weighted by Gasteiger charge is 2.60. The molecule has 0 spiro atoms. The molecule has 0 saturated carbocycles. The Morgan fingerprint density at radius 2 is 1.87 bits per heavy atom. The monoisotopic (exact) mass is 543 g/mol. The number of likely N-dealkylation sites (tertiary alicyclic amines) is 1. The molecule has 1 saturated heterocycles. The van der Waals surface area contributed by atoms with Crippen molar-refractivity contribution in [1.29, 1.82) is 0 Å². The van der Waals surface area contributed by atoms with Crippen molar-refractivity contribution in [3.8, 4) is 0 Å². The van der Waals surface area contributed by atoms with E-state index in [2.05, 4.69) is 40.4 Å². The first-order valence-electron chi connectivity index (χ1n) is 12.7. The van der Waals surface area contributed by atoms with Crippen LogP contribution in [0.4, 0.5) is 0 Å². The number of rotatable bonds is 7. The lowest BCUT2D eigenvalue weighted by atomic mass is 9.68. The van der Waals surface area contributed by atoms with E-state index in [1.54, 1.807) is 19.1 Å². The van der Waals surface area contributed by atoms with Crippen molar-refractivity contribution < 1.29 is 37.9 Å². The minimum Gasteiger partial charge on any atom is -0.465 e. The van der Waals surface area contributed by atoms with Gasteiger partial charge in [0.15, 0.2) is 14.1 Å². The van der Waals surface area contributed by atoms with Gasteiger partial charge in [-0.05, 0) is 55.6 Å². The SMILES string of the molecule is C=CCOC(=O)C(=O)N1C(=O)[C@H]([C@@H](C)O[Si](C)(C)C(C)(C)C)[C@H]1[C@H]1CCc2ccc(C(=O)OC)cc2C1=O. The van der Waals surface area contributed by atoms with Crippen molar-refractivity contribution in [3.05, 3.63) is 47.5 Å². The molecule has 2 amide bonds. The number of carbonyl (C=O) groups is 5. The second-order valence-electron chi connectivity index (χ2n) is 11.4. The number of hydrogen-bond donors (Lipinski definition) is 0. The number of Topliss-reactive ketones (excluding diaryl/α,β-unsaturated/α-hetero) is 1. The number of amides is 2. The molecule has 4 atom stereocenters. The zero-order valence-corrected chi connectivity index (χ0v) is 24.2. The number of imide groups is 1. The number of fused-ring (bicyclic) bond motifs is 1. The molecule has 1 aromatic carbocycles. The predicted octanol–water partition coefficient (Wildman–Crippen LogP) is 3.71. The van der Waals surface area contributed by atoms with Crippen LogP contribution in [0.3, 0.4) is 0 Å². The van der Waals surface area contributed by atoms with Gasteiger partial charge in [-0.3, -0.25) is 19.3 Å². The highest BCUT2D eigenvalue weighted by molar-refractivity contribution is 6.74. The number of aryl methyl sites for hydroxylation is 1. The Bertz CT molecular complexity index is 1170. The van der Waals surface area contributed by atoms with Gasteiger partial charge in [0.05, 0.1) is 30.7 Å². The van der Waals surface area contributed by atoms with Crippen LogP contribution >= 0.6 is 0 Å². The van der Waals surface area contributed by atoms with E-state index in [1.807, 2.05) is 0 Å². The number of benzene rings is 1. The first-order chi connectivity index (χ1) is 17.7. The molecule has 0 radical (unpaired) electrons. The van der Waals surface area contributed by atoms with E-state index in [0.29, 0.717) is 18.4 Å². The Balaban J connectivity index is 1.99. The maximum atomic E-state index is 13.8. The summed E-state index contributed by atoms with van der Waals surface area (Å²) >= 11 is 0. The maximum Gasteiger partial charge on any atom is 0.397 e. The summed E-state index contributed by atoms with van der Waals surface area (Å²) in [5.74, 6) is -5.28. The average molecular weight is 544 g/mol.